The van der Waals surface area contributed by atoms with Gasteiger partial charge in [0.05, 0.1) is 12.2 Å². The van der Waals surface area contributed by atoms with Crippen molar-refractivity contribution in [3.05, 3.63) is 68.5 Å². The van der Waals surface area contributed by atoms with Gasteiger partial charge in [0.2, 0.25) is 5.72 Å². The standard InChI is InChI=1S/C18H18N2O7/c1-10-2-4-11(5-3-10)16(23)25-8-12-14(22)15-18(27-12,9-26-15)20-7-6-13(21)19-17(20)24/h2-7,12,14-15,22H,8-9H2,1H3,(H,19,21,24)/t12-,14-,15-,18-/m1/s1. The zero-order chi connectivity index (χ0) is 19.2. The van der Waals surface area contributed by atoms with Gasteiger partial charge >= 0.3 is 11.7 Å². The number of aromatic amines is 1. The molecule has 2 fully saturated rings. The number of nitrogens with one attached hydrogen (secondary N) is 1. The average Bonchev–Trinajstić information content (AvgIpc) is 2.80. The third kappa shape index (κ3) is 2.89. The number of benzene rings is 1. The largest absolute Gasteiger partial charge is 0.459 e. The minimum atomic E-state index is -1.23. The van der Waals surface area contributed by atoms with Gasteiger partial charge in [-0.1, -0.05) is 17.7 Å². The van der Waals surface area contributed by atoms with Gasteiger partial charge in [-0.3, -0.25) is 14.3 Å². The lowest BCUT2D eigenvalue weighted by atomic mass is 9.98. The van der Waals surface area contributed by atoms with E-state index in [0.717, 1.165) is 5.56 Å². The van der Waals surface area contributed by atoms with Crippen LogP contribution in [0.1, 0.15) is 15.9 Å². The van der Waals surface area contributed by atoms with Crippen molar-refractivity contribution >= 4 is 5.97 Å². The van der Waals surface area contributed by atoms with Crippen LogP contribution in [0.5, 0.6) is 0 Å². The molecule has 4 rings (SSSR count). The number of hydrogen-bond acceptors (Lipinski definition) is 7. The maximum Gasteiger partial charge on any atom is 0.338 e. The third-order valence-electron chi connectivity index (χ3n) is 4.86. The number of aliphatic hydroxyl groups excluding tert-OH is 1. The summed E-state index contributed by atoms with van der Waals surface area (Å²) in [7, 11) is 0. The monoisotopic (exact) mass is 374 g/mol. The number of fused-ring (bicyclic) bond motifs is 1. The second kappa shape index (κ2) is 6.45. The first-order chi connectivity index (χ1) is 12.9. The van der Waals surface area contributed by atoms with Crippen LogP contribution in [0.3, 0.4) is 0 Å². The van der Waals surface area contributed by atoms with Crippen molar-refractivity contribution in [2.45, 2.75) is 31.0 Å². The number of aryl methyl sites for hydroxylation is 1. The van der Waals surface area contributed by atoms with Crippen molar-refractivity contribution in [3.8, 4) is 0 Å². The van der Waals surface area contributed by atoms with E-state index >= 15 is 0 Å². The highest BCUT2D eigenvalue weighted by molar-refractivity contribution is 5.89. The van der Waals surface area contributed by atoms with Crippen molar-refractivity contribution in [3.63, 3.8) is 0 Å². The maximum atomic E-state index is 12.2. The van der Waals surface area contributed by atoms with Gasteiger partial charge in [0.25, 0.3) is 5.56 Å². The molecule has 2 saturated heterocycles. The highest BCUT2D eigenvalue weighted by atomic mass is 16.7. The number of rotatable bonds is 4. The number of hydrogen-bond donors (Lipinski definition) is 2. The lowest BCUT2D eigenvalue weighted by molar-refractivity contribution is -0.278. The summed E-state index contributed by atoms with van der Waals surface area (Å²) >= 11 is 0. The molecule has 0 spiro atoms. The molecular formula is C18H18N2O7. The number of aliphatic hydroxyl groups is 1. The molecule has 2 N–H and O–H groups in total. The molecule has 0 amide bonds. The van der Waals surface area contributed by atoms with Crippen molar-refractivity contribution in [1.29, 1.82) is 0 Å². The first-order valence-corrected chi connectivity index (χ1v) is 8.44. The summed E-state index contributed by atoms with van der Waals surface area (Å²) in [5, 5.41) is 10.4. The van der Waals surface area contributed by atoms with E-state index in [1.807, 2.05) is 6.92 Å². The number of H-pyrrole nitrogens is 1. The topological polar surface area (TPSA) is 120 Å². The Hall–Kier alpha value is -2.75. The Bertz CT molecular complexity index is 980. The molecule has 2 aliphatic rings. The van der Waals surface area contributed by atoms with Gasteiger partial charge in [0.15, 0.2) is 0 Å². The Kier molecular flexibility index (Phi) is 4.22. The molecule has 2 aliphatic heterocycles. The summed E-state index contributed by atoms with van der Waals surface area (Å²) in [6, 6.07) is 8.08. The quantitative estimate of drug-likeness (QED) is 0.693. The fraction of sp³-hybridized carbons (Fsp3) is 0.389. The fourth-order valence-electron chi connectivity index (χ4n) is 3.36. The zero-order valence-electron chi connectivity index (χ0n) is 14.5. The molecule has 3 heterocycles. The number of aromatic nitrogens is 2. The fourth-order valence-corrected chi connectivity index (χ4v) is 3.36. The molecule has 4 atom stereocenters. The molecule has 0 aliphatic carbocycles. The van der Waals surface area contributed by atoms with Crippen LogP contribution >= 0.6 is 0 Å². The highest BCUT2D eigenvalue weighted by Crippen LogP contribution is 2.44. The van der Waals surface area contributed by atoms with Crippen molar-refractivity contribution in [2.24, 2.45) is 0 Å². The zero-order valence-corrected chi connectivity index (χ0v) is 14.5. The van der Waals surface area contributed by atoms with Crippen molar-refractivity contribution < 1.29 is 24.1 Å². The first-order valence-electron chi connectivity index (χ1n) is 8.44. The van der Waals surface area contributed by atoms with Crippen LogP contribution in [0.15, 0.2) is 46.1 Å². The van der Waals surface area contributed by atoms with Gasteiger partial charge in [0.1, 0.15) is 24.9 Å². The molecule has 0 unspecified atom stereocenters. The maximum absolute atomic E-state index is 12.2. The molecule has 1 aromatic heterocycles. The number of ether oxygens (including phenoxy) is 3. The third-order valence-corrected chi connectivity index (χ3v) is 4.86. The molecule has 9 heteroatoms. The number of esters is 1. The Morgan fingerprint density at radius 3 is 2.70 bits per heavy atom. The van der Waals surface area contributed by atoms with Gasteiger partial charge < -0.3 is 19.3 Å². The molecule has 0 bridgehead atoms. The van der Waals surface area contributed by atoms with Crippen LogP contribution in [0.25, 0.3) is 0 Å². The predicted octanol–water partition coefficient (Wildman–Crippen LogP) is -0.487. The molecule has 9 nitrogen and oxygen atoms in total. The van der Waals surface area contributed by atoms with Crippen molar-refractivity contribution in [2.75, 3.05) is 13.2 Å². The lowest BCUT2D eigenvalue weighted by Gasteiger charge is -2.44. The second-order valence-electron chi connectivity index (χ2n) is 6.67. The van der Waals surface area contributed by atoms with E-state index in [4.69, 9.17) is 14.2 Å². The first kappa shape index (κ1) is 17.7. The molecular weight excluding hydrogens is 356 g/mol. The number of nitrogens with zero attached hydrogens (tertiary/aromatic N) is 1. The Balaban J connectivity index is 1.49. The van der Waals surface area contributed by atoms with Gasteiger partial charge in [-0.25, -0.2) is 9.59 Å². The molecule has 142 valence electrons. The van der Waals surface area contributed by atoms with Crippen LogP contribution < -0.4 is 11.2 Å². The minimum absolute atomic E-state index is 0.0308. The summed E-state index contributed by atoms with van der Waals surface area (Å²) in [6.07, 6.45) is -1.47. The Labute approximate surface area is 153 Å². The van der Waals surface area contributed by atoms with Crippen LogP contribution in [-0.4, -0.2) is 52.2 Å². The van der Waals surface area contributed by atoms with E-state index in [1.54, 1.807) is 24.3 Å². The SMILES string of the molecule is Cc1ccc(C(=O)OC[C@H]2O[C@]3(n4ccc(=O)[nH]c4=O)CO[C@@H]3[C@@H]2O)cc1. The van der Waals surface area contributed by atoms with E-state index in [1.165, 1.54) is 16.8 Å². The van der Waals surface area contributed by atoms with Crippen molar-refractivity contribution in [1.82, 2.24) is 9.55 Å². The second-order valence-corrected chi connectivity index (χ2v) is 6.67. The van der Waals surface area contributed by atoms with E-state index in [-0.39, 0.29) is 13.2 Å². The van der Waals surface area contributed by atoms with Crippen LogP contribution in [0.2, 0.25) is 0 Å². The lowest BCUT2D eigenvalue weighted by Crippen LogP contribution is -2.63. The predicted molar refractivity (Wildman–Crippen MR) is 91.4 cm³/mol. The Morgan fingerprint density at radius 2 is 2.07 bits per heavy atom. The van der Waals surface area contributed by atoms with E-state index < -0.39 is 41.3 Å². The highest BCUT2D eigenvalue weighted by Gasteiger charge is 2.64. The van der Waals surface area contributed by atoms with Crippen LogP contribution in [-0.2, 0) is 19.9 Å². The average molecular weight is 374 g/mol. The van der Waals surface area contributed by atoms with Crippen LogP contribution in [0.4, 0.5) is 0 Å². The van der Waals surface area contributed by atoms with Gasteiger partial charge in [0, 0.05) is 12.3 Å². The van der Waals surface area contributed by atoms with Crippen LogP contribution in [0, 0.1) is 6.92 Å². The summed E-state index contributed by atoms with van der Waals surface area (Å²) < 4.78 is 17.7. The normalized spacial score (nSPS) is 29.0. The number of carbonyl (C=O) groups is 1. The Morgan fingerprint density at radius 1 is 1.33 bits per heavy atom. The molecule has 0 radical (unpaired) electrons. The summed E-state index contributed by atoms with van der Waals surface area (Å²) in [6.45, 7) is 1.74. The van der Waals surface area contributed by atoms with E-state index in [0.29, 0.717) is 5.56 Å². The van der Waals surface area contributed by atoms with E-state index in [9.17, 15) is 19.5 Å². The summed E-state index contributed by atoms with van der Waals surface area (Å²) in [5.41, 5.74) is -1.03. The molecule has 2 aromatic rings. The summed E-state index contributed by atoms with van der Waals surface area (Å²) in [4.78, 5) is 37.7. The molecule has 27 heavy (non-hydrogen) atoms. The smallest absolute Gasteiger partial charge is 0.338 e. The summed E-state index contributed by atoms with van der Waals surface area (Å²) in [5.74, 6) is -0.541. The molecule has 1 aromatic carbocycles. The minimum Gasteiger partial charge on any atom is -0.459 e. The number of carbonyl (C=O) groups excluding carboxylic acids is 1. The van der Waals surface area contributed by atoms with E-state index in [2.05, 4.69) is 4.98 Å². The van der Waals surface area contributed by atoms with Gasteiger partial charge in [-0.2, -0.15) is 0 Å². The van der Waals surface area contributed by atoms with Gasteiger partial charge in [-0.05, 0) is 19.1 Å². The van der Waals surface area contributed by atoms with Gasteiger partial charge in [-0.15, -0.1) is 0 Å². The molecule has 0 saturated carbocycles.